The third-order valence-corrected chi connectivity index (χ3v) is 3.69. The number of rotatable bonds is 6. The highest BCUT2D eigenvalue weighted by Crippen LogP contribution is 2.39. The van der Waals surface area contributed by atoms with Gasteiger partial charge in [-0.1, -0.05) is 13.8 Å². The first-order valence-corrected chi connectivity index (χ1v) is 7.28. The zero-order valence-corrected chi connectivity index (χ0v) is 13.7. The minimum atomic E-state index is -0.767. The van der Waals surface area contributed by atoms with E-state index in [1.165, 1.54) is 20.8 Å². The van der Waals surface area contributed by atoms with E-state index in [0.29, 0.717) is 6.42 Å². The maximum absolute atomic E-state index is 11.3. The van der Waals surface area contributed by atoms with Crippen LogP contribution < -0.4 is 0 Å². The Hall–Kier alpha value is -1.63. The van der Waals surface area contributed by atoms with Crippen molar-refractivity contribution < 1.29 is 33.3 Å². The van der Waals surface area contributed by atoms with Gasteiger partial charge < -0.3 is 18.9 Å². The molecule has 1 fully saturated rings. The minimum absolute atomic E-state index is 0.0121. The van der Waals surface area contributed by atoms with Gasteiger partial charge in [0.05, 0.1) is 0 Å². The summed E-state index contributed by atoms with van der Waals surface area (Å²) < 4.78 is 21.3. The fraction of sp³-hybridized carbons (Fsp3) is 0.800. The third kappa shape index (κ3) is 4.98. The van der Waals surface area contributed by atoms with Crippen LogP contribution in [0.15, 0.2) is 0 Å². The van der Waals surface area contributed by atoms with Crippen LogP contribution >= 0.6 is 0 Å². The van der Waals surface area contributed by atoms with Gasteiger partial charge in [-0.15, -0.1) is 0 Å². The molecule has 0 N–H and O–H groups in total. The molecule has 0 radical (unpaired) electrons. The van der Waals surface area contributed by atoms with Crippen molar-refractivity contribution >= 4 is 17.9 Å². The Balaban J connectivity index is 2.88. The van der Waals surface area contributed by atoms with E-state index in [-0.39, 0.29) is 19.1 Å². The van der Waals surface area contributed by atoms with Crippen molar-refractivity contribution in [1.82, 2.24) is 0 Å². The number of ether oxygens (including phenoxy) is 4. The Kier molecular flexibility index (Phi) is 6.34. The molecule has 22 heavy (non-hydrogen) atoms. The fourth-order valence-electron chi connectivity index (χ4n) is 2.42. The van der Waals surface area contributed by atoms with Crippen LogP contribution in [0.1, 0.15) is 41.0 Å². The molecule has 0 spiro atoms. The number of hydrogen-bond donors (Lipinski definition) is 0. The molecular weight excluding hydrogens is 292 g/mol. The Labute approximate surface area is 130 Å². The van der Waals surface area contributed by atoms with Crippen molar-refractivity contribution in [2.45, 2.75) is 58.8 Å². The monoisotopic (exact) mass is 316 g/mol. The van der Waals surface area contributed by atoms with E-state index in [2.05, 4.69) is 0 Å². The summed E-state index contributed by atoms with van der Waals surface area (Å²) in [4.78, 5) is 33.3. The van der Waals surface area contributed by atoms with Gasteiger partial charge in [0, 0.05) is 27.2 Å². The molecule has 0 aromatic heterocycles. The van der Waals surface area contributed by atoms with E-state index >= 15 is 0 Å². The molecule has 7 heteroatoms. The fourth-order valence-corrected chi connectivity index (χ4v) is 2.42. The third-order valence-electron chi connectivity index (χ3n) is 3.69. The van der Waals surface area contributed by atoms with E-state index in [9.17, 15) is 14.4 Å². The summed E-state index contributed by atoms with van der Waals surface area (Å²) >= 11 is 0. The molecule has 1 saturated heterocycles. The summed E-state index contributed by atoms with van der Waals surface area (Å²) in [5.74, 6) is -1.26. The van der Waals surface area contributed by atoms with Gasteiger partial charge in [-0.3, -0.25) is 14.4 Å². The van der Waals surface area contributed by atoms with Crippen molar-refractivity contribution in [3.63, 3.8) is 0 Å². The van der Waals surface area contributed by atoms with Crippen molar-refractivity contribution in [2.24, 2.45) is 5.92 Å². The molecular formula is C15H24O7. The molecule has 7 nitrogen and oxygen atoms in total. The zero-order chi connectivity index (χ0) is 16.9. The Bertz CT molecular complexity index is 432. The topological polar surface area (TPSA) is 88.1 Å². The highest BCUT2D eigenvalue weighted by atomic mass is 16.6. The molecule has 3 atom stereocenters. The van der Waals surface area contributed by atoms with Crippen LogP contribution in [0.2, 0.25) is 0 Å². The van der Waals surface area contributed by atoms with E-state index in [4.69, 9.17) is 18.9 Å². The summed E-state index contributed by atoms with van der Waals surface area (Å²) in [6.07, 6.45) is -0.746. The van der Waals surface area contributed by atoms with Crippen molar-refractivity contribution in [2.75, 3.05) is 13.2 Å². The average Bonchev–Trinajstić information content (AvgIpc) is 2.72. The Morgan fingerprint density at radius 1 is 1.09 bits per heavy atom. The maximum atomic E-state index is 11.3. The van der Waals surface area contributed by atoms with Gasteiger partial charge in [0.15, 0.2) is 0 Å². The quantitative estimate of drug-likeness (QED) is 0.538. The molecule has 1 aliphatic rings. The van der Waals surface area contributed by atoms with Crippen LogP contribution in [-0.2, 0) is 33.3 Å². The zero-order valence-electron chi connectivity index (χ0n) is 13.7. The lowest BCUT2D eigenvalue weighted by Crippen LogP contribution is -2.41. The summed E-state index contributed by atoms with van der Waals surface area (Å²) in [5.41, 5.74) is -0.767. The molecule has 0 saturated carbocycles. The molecule has 1 heterocycles. The van der Waals surface area contributed by atoms with Gasteiger partial charge in [-0.25, -0.2) is 0 Å². The second-order valence-corrected chi connectivity index (χ2v) is 5.81. The minimum Gasteiger partial charge on any atom is -0.463 e. The molecule has 0 bridgehead atoms. The standard InChI is InChI=1S/C15H24O7/c1-9(2)15(8-20-11(4)17)6-13(21-12(5)18)14(22-15)7-19-10(3)16/h9,13-14H,6-8H2,1-5H3/t13?,14-,15+/m0/s1. The molecule has 0 aromatic rings. The van der Waals surface area contributed by atoms with Gasteiger partial charge in [0.2, 0.25) is 0 Å². The summed E-state index contributed by atoms with van der Waals surface area (Å²) in [5, 5.41) is 0. The molecule has 1 unspecified atom stereocenters. The molecule has 0 aliphatic carbocycles. The highest BCUT2D eigenvalue weighted by molar-refractivity contribution is 5.67. The SMILES string of the molecule is CC(=O)OC[C@@H]1O[C@](COC(C)=O)(C(C)C)CC1OC(C)=O. The van der Waals surface area contributed by atoms with Crippen LogP contribution in [0.5, 0.6) is 0 Å². The highest BCUT2D eigenvalue weighted by Gasteiger charge is 2.51. The van der Waals surface area contributed by atoms with Crippen molar-refractivity contribution in [3.05, 3.63) is 0 Å². The summed E-state index contributed by atoms with van der Waals surface area (Å²) in [7, 11) is 0. The Morgan fingerprint density at radius 2 is 1.68 bits per heavy atom. The number of carbonyl (C=O) groups is 3. The molecule has 0 aromatic carbocycles. The van der Waals surface area contributed by atoms with Crippen LogP contribution in [0.3, 0.4) is 0 Å². The average molecular weight is 316 g/mol. The van der Waals surface area contributed by atoms with Gasteiger partial charge in [0.25, 0.3) is 0 Å². The smallest absolute Gasteiger partial charge is 0.302 e. The predicted octanol–water partition coefficient (Wildman–Crippen LogP) is 1.23. The normalized spacial score (nSPS) is 27.5. The Morgan fingerprint density at radius 3 is 2.14 bits per heavy atom. The second kappa shape index (κ2) is 7.58. The molecule has 126 valence electrons. The lowest BCUT2D eigenvalue weighted by atomic mass is 9.87. The molecule has 1 rings (SSSR count). The van der Waals surface area contributed by atoms with Gasteiger partial charge in [-0.2, -0.15) is 0 Å². The van der Waals surface area contributed by atoms with E-state index in [1.54, 1.807) is 0 Å². The number of carbonyl (C=O) groups excluding carboxylic acids is 3. The van der Waals surface area contributed by atoms with Crippen LogP contribution in [0.25, 0.3) is 0 Å². The lowest BCUT2D eigenvalue weighted by molar-refractivity contribution is -0.166. The first-order chi connectivity index (χ1) is 10.2. The van der Waals surface area contributed by atoms with Crippen LogP contribution in [0.4, 0.5) is 0 Å². The van der Waals surface area contributed by atoms with E-state index < -0.39 is 35.7 Å². The summed E-state index contributed by atoms with van der Waals surface area (Å²) in [6, 6.07) is 0. The van der Waals surface area contributed by atoms with Crippen LogP contribution in [-0.4, -0.2) is 48.9 Å². The first kappa shape index (κ1) is 18.4. The van der Waals surface area contributed by atoms with Gasteiger partial charge in [0.1, 0.15) is 31.0 Å². The largest absolute Gasteiger partial charge is 0.463 e. The molecule has 0 amide bonds. The number of esters is 3. The van der Waals surface area contributed by atoms with Crippen molar-refractivity contribution in [1.29, 1.82) is 0 Å². The van der Waals surface area contributed by atoms with Gasteiger partial charge in [-0.05, 0) is 5.92 Å². The van der Waals surface area contributed by atoms with Gasteiger partial charge >= 0.3 is 17.9 Å². The second-order valence-electron chi connectivity index (χ2n) is 5.81. The van der Waals surface area contributed by atoms with E-state index in [1.807, 2.05) is 13.8 Å². The van der Waals surface area contributed by atoms with Crippen LogP contribution in [0, 0.1) is 5.92 Å². The van der Waals surface area contributed by atoms with Crippen molar-refractivity contribution in [3.8, 4) is 0 Å². The maximum Gasteiger partial charge on any atom is 0.302 e. The first-order valence-electron chi connectivity index (χ1n) is 7.28. The number of hydrogen-bond acceptors (Lipinski definition) is 7. The summed E-state index contributed by atoms with van der Waals surface area (Å²) in [6.45, 7) is 7.85. The van der Waals surface area contributed by atoms with E-state index in [0.717, 1.165) is 0 Å². The lowest BCUT2D eigenvalue weighted by Gasteiger charge is -2.32. The molecule has 1 aliphatic heterocycles. The predicted molar refractivity (Wildman–Crippen MR) is 75.9 cm³/mol.